The van der Waals surface area contributed by atoms with E-state index in [1.165, 1.54) is 6.92 Å². The smallest absolute Gasteiger partial charge is 0.258 e. The van der Waals surface area contributed by atoms with Gasteiger partial charge in [0.15, 0.2) is 12.4 Å². The first-order chi connectivity index (χ1) is 9.81. The van der Waals surface area contributed by atoms with Crippen LogP contribution >= 0.6 is 0 Å². The standard InChI is InChI=1S/C16H24N2O3/c1-11(2)16(12(3)19)17-15(20)10-21-14-8-6-7-13(9-14)18(4)5/h6-9,11,16H,10H2,1-5H3,(H,17,20). The van der Waals surface area contributed by atoms with Gasteiger partial charge < -0.3 is 15.0 Å². The summed E-state index contributed by atoms with van der Waals surface area (Å²) in [5.41, 5.74) is 0.997. The SMILES string of the molecule is CC(=O)C(NC(=O)COc1cccc(N(C)C)c1)C(C)C. The minimum atomic E-state index is -0.464. The van der Waals surface area contributed by atoms with Crippen molar-refractivity contribution in [3.05, 3.63) is 24.3 Å². The molecule has 1 amide bonds. The first-order valence-electron chi connectivity index (χ1n) is 7.01. The predicted octanol–water partition coefficient (Wildman–Crippen LogP) is 1.86. The van der Waals surface area contributed by atoms with Gasteiger partial charge in [-0.1, -0.05) is 19.9 Å². The van der Waals surface area contributed by atoms with E-state index in [4.69, 9.17) is 4.74 Å². The van der Waals surface area contributed by atoms with E-state index >= 15 is 0 Å². The van der Waals surface area contributed by atoms with Crippen molar-refractivity contribution >= 4 is 17.4 Å². The zero-order valence-corrected chi connectivity index (χ0v) is 13.3. The zero-order valence-electron chi connectivity index (χ0n) is 13.3. The van der Waals surface area contributed by atoms with E-state index < -0.39 is 6.04 Å². The first-order valence-corrected chi connectivity index (χ1v) is 7.01. The first kappa shape index (κ1) is 17.0. The molecule has 0 saturated heterocycles. The maximum atomic E-state index is 11.9. The van der Waals surface area contributed by atoms with Gasteiger partial charge in [-0.05, 0) is 25.0 Å². The summed E-state index contributed by atoms with van der Waals surface area (Å²) < 4.78 is 5.47. The van der Waals surface area contributed by atoms with E-state index in [2.05, 4.69) is 5.32 Å². The highest BCUT2D eigenvalue weighted by Gasteiger charge is 2.20. The van der Waals surface area contributed by atoms with E-state index in [0.29, 0.717) is 5.75 Å². The lowest BCUT2D eigenvalue weighted by Crippen LogP contribution is -2.45. The van der Waals surface area contributed by atoms with Crippen molar-refractivity contribution in [3.8, 4) is 5.75 Å². The Balaban J connectivity index is 2.57. The van der Waals surface area contributed by atoms with Crippen molar-refractivity contribution in [3.63, 3.8) is 0 Å². The summed E-state index contributed by atoms with van der Waals surface area (Å²) in [6.07, 6.45) is 0. The van der Waals surface area contributed by atoms with Crippen molar-refractivity contribution in [2.75, 3.05) is 25.6 Å². The van der Waals surface area contributed by atoms with Crippen molar-refractivity contribution in [2.24, 2.45) is 5.92 Å². The quantitative estimate of drug-likeness (QED) is 0.833. The molecule has 1 unspecified atom stereocenters. The number of Topliss-reactive ketones (excluding diaryl/α,β-unsaturated/α-hetero) is 1. The fourth-order valence-electron chi connectivity index (χ4n) is 1.95. The predicted molar refractivity (Wildman–Crippen MR) is 83.7 cm³/mol. The third-order valence-corrected chi connectivity index (χ3v) is 3.13. The second-order valence-corrected chi connectivity index (χ2v) is 5.58. The molecule has 21 heavy (non-hydrogen) atoms. The fourth-order valence-corrected chi connectivity index (χ4v) is 1.95. The lowest BCUT2D eigenvalue weighted by Gasteiger charge is -2.19. The molecule has 0 aromatic heterocycles. The molecule has 5 heteroatoms. The molecule has 0 fully saturated rings. The Labute approximate surface area is 126 Å². The van der Waals surface area contributed by atoms with E-state index in [0.717, 1.165) is 5.69 Å². The zero-order chi connectivity index (χ0) is 16.0. The van der Waals surface area contributed by atoms with Crippen molar-refractivity contribution in [1.29, 1.82) is 0 Å². The van der Waals surface area contributed by atoms with Gasteiger partial charge in [0, 0.05) is 25.8 Å². The lowest BCUT2D eigenvalue weighted by molar-refractivity contribution is -0.129. The van der Waals surface area contributed by atoms with E-state index in [-0.39, 0.29) is 24.2 Å². The van der Waals surface area contributed by atoms with Gasteiger partial charge in [0.05, 0.1) is 6.04 Å². The molecule has 0 saturated carbocycles. The molecule has 1 N–H and O–H groups in total. The molecule has 0 aliphatic carbocycles. The maximum Gasteiger partial charge on any atom is 0.258 e. The van der Waals surface area contributed by atoms with Crippen LogP contribution in [0.3, 0.4) is 0 Å². The molecule has 1 aromatic carbocycles. The Kier molecular flexibility index (Phi) is 6.21. The van der Waals surface area contributed by atoms with Crippen LogP contribution in [-0.4, -0.2) is 38.4 Å². The van der Waals surface area contributed by atoms with Crippen LogP contribution in [0.25, 0.3) is 0 Å². The maximum absolute atomic E-state index is 11.9. The minimum Gasteiger partial charge on any atom is -0.484 e. The van der Waals surface area contributed by atoms with Gasteiger partial charge in [0.25, 0.3) is 5.91 Å². The lowest BCUT2D eigenvalue weighted by atomic mass is 10.0. The fraction of sp³-hybridized carbons (Fsp3) is 0.500. The number of carbonyl (C=O) groups is 2. The number of nitrogens with one attached hydrogen (secondary N) is 1. The van der Waals surface area contributed by atoms with Crippen LogP contribution < -0.4 is 15.0 Å². The van der Waals surface area contributed by atoms with Gasteiger partial charge in [-0.15, -0.1) is 0 Å². The summed E-state index contributed by atoms with van der Waals surface area (Å²) in [7, 11) is 3.87. The monoisotopic (exact) mass is 292 g/mol. The molecule has 1 rings (SSSR count). The number of hydrogen-bond donors (Lipinski definition) is 1. The summed E-state index contributed by atoms with van der Waals surface area (Å²) in [5, 5.41) is 2.70. The molecule has 0 bridgehead atoms. The van der Waals surface area contributed by atoms with Gasteiger partial charge in [0.1, 0.15) is 5.75 Å². The van der Waals surface area contributed by atoms with Crippen molar-refractivity contribution in [1.82, 2.24) is 5.32 Å². The van der Waals surface area contributed by atoms with Crippen LogP contribution in [-0.2, 0) is 9.59 Å². The van der Waals surface area contributed by atoms with E-state index in [1.54, 1.807) is 6.07 Å². The molecule has 0 spiro atoms. The normalized spacial score (nSPS) is 11.9. The average Bonchev–Trinajstić information content (AvgIpc) is 2.42. The third kappa shape index (κ3) is 5.45. The number of benzene rings is 1. The highest BCUT2D eigenvalue weighted by atomic mass is 16.5. The van der Waals surface area contributed by atoms with E-state index in [1.807, 2.05) is 51.0 Å². The molecule has 116 valence electrons. The average molecular weight is 292 g/mol. The molecule has 1 atom stereocenters. The second-order valence-electron chi connectivity index (χ2n) is 5.58. The number of ketones is 1. The number of rotatable bonds is 7. The van der Waals surface area contributed by atoms with Gasteiger partial charge in [0.2, 0.25) is 0 Å². The Morgan fingerprint density at radius 2 is 1.95 bits per heavy atom. The van der Waals surface area contributed by atoms with Gasteiger partial charge in [-0.3, -0.25) is 9.59 Å². The summed E-state index contributed by atoms with van der Waals surface area (Å²) in [6, 6.07) is 7.02. The molecular weight excluding hydrogens is 268 g/mol. The topological polar surface area (TPSA) is 58.6 Å². The van der Waals surface area contributed by atoms with Gasteiger partial charge in [-0.25, -0.2) is 0 Å². The van der Waals surface area contributed by atoms with Crippen molar-refractivity contribution in [2.45, 2.75) is 26.8 Å². The largest absolute Gasteiger partial charge is 0.484 e. The molecule has 0 aliphatic heterocycles. The number of amides is 1. The molecular formula is C16H24N2O3. The summed E-state index contributed by atoms with van der Waals surface area (Å²) in [6.45, 7) is 5.17. The molecule has 5 nitrogen and oxygen atoms in total. The van der Waals surface area contributed by atoms with Crippen LogP contribution in [0.5, 0.6) is 5.75 Å². The summed E-state index contributed by atoms with van der Waals surface area (Å²) in [4.78, 5) is 25.3. The number of anilines is 1. The van der Waals surface area contributed by atoms with Gasteiger partial charge in [-0.2, -0.15) is 0 Å². The van der Waals surface area contributed by atoms with Crippen molar-refractivity contribution < 1.29 is 14.3 Å². The number of nitrogens with zero attached hydrogens (tertiary/aromatic N) is 1. The van der Waals surface area contributed by atoms with Crippen LogP contribution in [0.1, 0.15) is 20.8 Å². The minimum absolute atomic E-state index is 0.0482. The third-order valence-electron chi connectivity index (χ3n) is 3.13. The molecule has 1 aromatic rings. The Morgan fingerprint density at radius 3 is 2.48 bits per heavy atom. The highest BCUT2D eigenvalue weighted by molar-refractivity contribution is 5.88. The number of hydrogen-bond acceptors (Lipinski definition) is 4. The number of ether oxygens (including phenoxy) is 1. The Hall–Kier alpha value is -2.04. The molecule has 0 heterocycles. The summed E-state index contributed by atoms with van der Waals surface area (Å²) >= 11 is 0. The molecule has 0 aliphatic rings. The van der Waals surface area contributed by atoms with Crippen LogP contribution in [0.15, 0.2) is 24.3 Å². The van der Waals surface area contributed by atoms with Gasteiger partial charge >= 0.3 is 0 Å². The van der Waals surface area contributed by atoms with E-state index in [9.17, 15) is 9.59 Å². The Morgan fingerprint density at radius 1 is 1.29 bits per heavy atom. The van der Waals surface area contributed by atoms with Crippen LogP contribution in [0.4, 0.5) is 5.69 Å². The van der Waals surface area contributed by atoms with Crippen LogP contribution in [0, 0.1) is 5.92 Å². The summed E-state index contributed by atoms with van der Waals surface area (Å²) in [5.74, 6) is 0.343. The second kappa shape index (κ2) is 7.67. The Bertz CT molecular complexity index is 498. The molecule has 0 radical (unpaired) electrons. The van der Waals surface area contributed by atoms with Crippen LogP contribution in [0.2, 0.25) is 0 Å². The highest BCUT2D eigenvalue weighted by Crippen LogP contribution is 2.19. The number of carbonyl (C=O) groups excluding carboxylic acids is 2.